The monoisotopic (exact) mass is 421 g/mol. The molecule has 30 heavy (non-hydrogen) atoms. The van der Waals surface area contributed by atoms with Crippen molar-refractivity contribution in [2.24, 2.45) is 0 Å². The zero-order valence-corrected chi connectivity index (χ0v) is 17.4. The second-order valence-corrected chi connectivity index (χ2v) is 9.24. The summed E-state index contributed by atoms with van der Waals surface area (Å²) in [6.45, 7) is 1.82. The van der Waals surface area contributed by atoms with Gasteiger partial charge in [-0.25, -0.2) is 17.8 Å². The van der Waals surface area contributed by atoms with Gasteiger partial charge in [-0.2, -0.15) is 0 Å². The Kier molecular flexibility index (Phi) is 5.26. The van der Waals surface area contributed by atoms with E-state index in [1.54, 1.807) is 18.2 Å². The molecule has 0 bridgehead atoms. The molecular weight excluding hydrogens is 401 g/mol. The maximum atomic E-state index is 14.7. The minimum atomic E-state index is -3.32. The van der Waals surface area contributed by atoms with E-state index in [-0.39, 0.29) is 10.7 Å². The van der Waals surface area contributed by atoms with Crippen LogP contribution in [0.15, 0.2) is 82.1 Å². The average Bonchev–Trinajstić information content (AvgIpc) is 3.11. The number of aryl methyl sites for hydroxylation is 1. The fraction of sp³-hybridized carbons (Fsp3) is 0.125. The molecule has 0 unspecified atom stereocenters. The number of aromatic nitrogens is 1. The van der Waals surface area contributed by atoms with Gasteiger partial charge in [-0.3, -0.25) is 0 Å². The number of oxazole rings is 1. The molecule has 0 amide bonds. The lowest BCUT2D eigenvalue weighted by Gasteiger charge is -2.05. The molecule has 6 heteroatoms. The SMILES string of the molecule is Cc1ccc(-c2nc(Cc3ccccc3)oc2-c2ccc(S(C)(=O)=O)cc2)c(F)c1. The van der Waals surface area contributed by atoms with Crippen molar-refractivity contribution < 1.29 is 17.2 Å². The van der Waals surface area contributed by atoms with Gasteiger partial charge in [0, 0.05) is 23.8 Å². The Bertz CT molecular complexity index is 1290. The van der Waals surface area contributed by atoms with Crippen LogP contribution in [-0.2, 0) is 16.3 Å². The van der Waals surface area contributed by atoms with Gasteiger partial charge in [0.05, 0.1) is 4.90 Å². The fourth-order valence-corrected chi connectivity index (χ4v) is 3.88. The van der Waals surface area contributed by atoms with Crippen molar-refractivity contribution in [2.75, 3.05) is 6.26 Å². The third kappa shape index (κ3) is 4.19. The lowest BCUT2D eigenvalue weighted by Crippen LogP contribution is -1.96. The first kappa shape index (κ1) is 20.0. The highest BCUT2D eigenvalue weighted by Crippen LogP contribution is 2.35. The van der Waals surface area contributed by atoms with Gasteiger partial charge in [-0.15, -0.1) is 0 Å². The number of halogens is 1. The summed E-state index contributed by atoms with van der Waals surface area (Å²) < 4.78 is 44.3. The van der Waals surface area contributed by atoms with Gasteiger partial charge in [-0.05, 0) is 54.4 Å². The molecule has 3 aromatic carbocycles. The molecule has 1 aromatic heterocycles. The Labute approximate surface area is 175 Å². The highest BCUT2D eigenvalue weighted by Gasteiger charge is 2.20. The Morgan fingerprint density at radius 2 is 1.67 bits per heavy atom. The van der Waals surface area contributed by atoms with Crippen LogP contribution in [0.25, 0.3) is 22.6 Å². The van der Waals surface area contributed by atoms with E-state index >= 15 is 0 Å². The number of sulfone groups is 1. The Balaban J connectivity index is 1.83. The fourth-order valence-electron chi connectivity index (χ4n) is 3.25. The van der Waals surface area contributed by atoms with Gasteiger partial charge in [0.25, 0.3) is 0 Å². The van der Waals surface area contributed by atoms with Crippen LogP contribution in [-0.4, -0.2) is 19.7 Å². The standard InChI is InChI=1S/C24H20FNO3S/c1-16-8-13-20(21(25)14-16)23-24(18-9-11-19(12-10-18)30(2,27)28)29-22(26-23)15-17-6-4-3-5-7-17/h3-14H,15H2,1-2H3. The van der Waals surface area contributed by atoms with Gasteiger partial charge in [-0.1, -0.05) is 36.4 Å². The Hall–Kier alpha value is -3.25. The normalized spacial score (nSPS) is 11.6. The van der Waals surface area contributed by atoms with Crippen molar-refractivity contribution in [1.29, 1.82) is 0 Å². The summed E-state index contributed by atoms with van der Waals surface area (Å²) >= 11 is 0. The van der Waals surface area contributed by atoms with Gasteiger partial charge in [0.1, 0.15) is 11.5 Å². The summed E-state index contributed by atoms with van der Waals surface area (Å²) in [6, 6.07) is 21.0. The van der Waals surface area contributed by atoms with Crippen LogP contribution in [0.3, 0.4) is 0 Å². The van der Waals surface area contributed by atoms with Crippen LogP contribution in [0.1, 0.15) is 17.0 Å². The van der Waals surface area contributed by atoms with Crippen LogP contribution in [0.2, 0.25) is 0 Å². The van der Waals surface area contributed by atoms with Gasteiger partial charge >= 0.3 is 0 Å². The molecule has 0 aliphatic rings. The minimum Gasteiger partial charge on any atom is -0.440 e. The second-order valence-electron chi connectivity index (χ2n) is 7.23. The first-order valence-corrected chi connectivity index (χ1v) is 11.3. The summed E-state index contributed by atoms with van der Waals surface area (Å²) in [5.41, 5.74) is 3.19. The quantitative estimate of drug-likeness (QED) is 0.430. The first-order valence-electron chi connectivity index (χ1n) is 9.42. The van der Waals surface area contributed by atoms with E-state index in [2.05, 4.69) is 4.98 Å². The third-order valence-electron chi connectivity index (χ3n) is 4.79. The van der Waals surface area contributed by atoms with E-state index in [0.717, 1.165) is 17.4 Å². The zero-order valence-electron chi connectivity index (χ0n) is 16.6. The van der Waals surface area contributed by atoms with Crippen molar-refractivity contribution in [2.45, 2.75) is 18.2 Å². The maximum absolute atomic E-state index is 14.7. The molecule has 1 heterocycles. The van der Waals surface area contributed by atoms with Gasteiger partial charge < -0.3 is 4.42 Å². The van der Waals surface area contributed by atoms with E-state index in [1.807, 2.05) is 43.3 Å². The van der Waals surface area contributed by atoms with Crippen LogP contribution in [0, 0.1) is 12.7 Å². The highest BCUT2D eigenvalue weighted by molar-refractivity contribution is 7.90. The van der Waals surface area contributed by atoms with Gasteiger partial charge in [0.2, 0.25) is 0 Å². The predicted molar refractivity (Wildman–Crippen MR) is 114 cm³/mol. The lowest BCUT2D eigenvalue weighted by molar-refractivity contribution is 0.519. The molecule has 4 aromatic rings. The van der Waals surface area contributed by atoms with E-state index in [1.165, 1.54) is 18.2 Å². The summed E-state index contributed by atoms with van der Waals surface area (Å²) in [5.74, 6) is 0.477. The van der Waals surface area contributed by atoms with E-state index in [0.29, 0.717) is 34.9 Å². The van der Waals surface area contributed by atoms with Crippen LogP contribution < -0.4 is 0 Å². The molecule has 0 aliphatic carbocycles. The van der Waals surface area contributed by atoms with E-state index < -0.39 is 9.84 Å². The molecule has 0 N–H and O–H groups in total. The summed E-state index contributed by atoms with van der Waals surface area (Å²) in [7, 11) is -3.32. The van der Waals surface area contributed by atoms with Crippen molar-refractivity contribution in [3.05, 3.63) is 95.6 Å². The predicted octanol–water partition coefficient (Wildman–Crippen LogP) is 5.45. The zero-order chi connectivity index (χ0) is 21.3. The second kappa shape index (κ2) is 7.88. The van der Waals surface area contributed by atoms with Crippen molar-refractivity contribution in [3.63, 3.8) is 0 Å². The van der Waals surface area contributed by atoms with Crippen molar-refractivity contribution >= 4 is 9.84 Å². The molecule has 0 saturated carbocycles. The maximum Gasteiger partial charge on any atom is 0.199 e. The van der Waals surface area contributed by atoms with Crippen LogP contribution in [0.4, 0.5) is 4.39 Å². The number of nitrogens with zero attached hydrogens (tertiary/aromatic N) is 1. The van der Waals surface area contributed by atoms with Crippen molar-refractivity contribution in [3.8, 4) is 22.6 Å². The summed E-state index contributed by atoms with van der Waals surface area (Å²) in [5, 5.41) is 0. The molecule has 0 atom stereocenters. The molecule has 4 nitrogen and oxygen atoms in total. The molecule has 0 saturated heterocycles. The molecule has 4 rings (SSSR count). The first-order chi connectivity index (χ1) is 14.3. The molecular formula is C24H20FNO3S. The lowest BCUT2D eigenvalue weighted by atomic mass is 10.0. The van der Waals surface area contributed by atoms with E-state index in [9.17, 15) is 12.8 Å². The number of hydrogen-bond acceptors (Lipinski definition) is 4. The average molecular weight is 421 g/mol. The van der Waals surface area contributed by atoms with E-state index in [4.69, 9.17) is 4.42 Å². The minimum absolute atomic E-state index is 0.207. The Morgan fingerprint density at radius 1 is 0.967 bits per heavy atom. The van der Waals surface area contributed by atoms with Crippen LogP contribution >= 0.6 is 0 Å². The molecule has 0 fully saturated rings. The molecule has 0 aliphatic heterocycles. The number of benzene rings is 3. The van der Waals surface area contributed by atoms with Crippen molar-refractivity contribution in [1.82, 2.24) is 4.98 Å². The van der Waals surface area contributed by atoms with Gasteiger partial charge in [0.15, 0.2) is 21.5 Å². The number of hydrogen-bond donors (Lipinski definition) is 0. The molecule has 0 radical (unpaired) electrons. The third-order valence-corrected chi connectivity index (χ3v) is 5.92. The van der Waals surface area contributed by atoms with Crippen LogP contribution in [0.5, 0.6) is 0 Å². The number of rotatable bonds is 5. The smallest absolute Gasteiger partial charge is 0.199 e. The summed E-state index contributed by atoms with van der Waals surface area (Å²) in [4.78, 5) is 4.80. The Morgan fingerprint density at radius 3 is 2.30 bits per heavy atom. The molecule has 152 valence electrons. The largest absolute Gasteiger partial charge is 0.440 e. The topological polar surface area (TPSA) is 60.2 Å². The molecule has 0 spiro atoms. The highest BCUT2D eigenvalue weighted by atomic mass is 32.2. The summed E-state index contributed by atoms with van der Waals surface area (Å²) in [6.07, 6.45) is 1.62.